The molecule has 0 fully saturated rings. The number of rotatable bonds is 10. The molecule has 0 bridgehead atoms. The molecule has 1 N–H and O–H groups in total. The summed E-state index contributed by atoms with van der Waals surface area (Å²) in [7, 11) is 0. The molecular weight excluding hydrogens is 384 g/mol. The summed E-state index contributed by atoms with van der Waals surface area (Å²) < 4.78 is 7.96. The molecule has 6 nitrogen and oxygen atoms in total. The van der Waals surface area contributed by atoms with Crippen molar-refractivity contribution in [2.75, 3.05) is 6.54 Å². The van der Waals surface area contributed by atoms with Crippen LogP contribution in [-0.4, -0.2) is 32.5 Å². The summed E-state index contributed by atoms with van der Waals surface area (Å²) in [6, 6.07) is 7.60. The van der Waals surface area contributed by atoms with Gasteiger partial charge >= 0.3 is 0 Å². The van der Waals surface area contributed by atoms with Crippen molar-refractivity contribution in [3.05, 3.63) is 35.1 Å². The molecule has 0 saturated heterocycles. The third-order valence-corrected chi connectivity index (χ3v) is 5.61. The molecule has 0 unspecified atom stereocenters. The van der Waals surface area contributed by atoms with Crippen LogP contribution in [0.3, 0.4) is 0 Å². The lowest BCUT2D eigenvalue weighted by Gasteiger charge is -2.20. The Morgan fingerprint density at radius 1 is 1.26 bits per heavy atom. The Bertz CT molecular complexity index is 749. The summed E-state index contributed by atoms with van der Waals surface area (Å²) in [4.78, 5) is 12.1. The van der Waals surface area contributed by atoms with Gasteiger partial charge in [-0.3, -0.25) is 4.79 Å². The molecule has 0 aliphatic heterocycles. The van der Waals surface area contributed by atoms with Crippen LogP contribution in [0.4, 0.5) is 0 Å². The molecule has 2 rings (SSSR count). The lowest BCUT2D eigenvalue weighted by Crippen LogP contribution is -2.30. The Labute approximate surface area is 170 Å². The van der Waals surface area contributed by atoms with Crippen molar-refractivity contribution < 1.29 is 9.53 Å². The third-order valence-electron chi connectivity index (χ3n) is 4.24. The number of hydrogen-bond donors (Lipinski definition) is 1. The molecule has 0 aliphatic carbocycles. The number of para-hydroxylation sites is 1. The fourth-order valence-corrected chi connectivity index (χ4v) is 3.89. The average molecular weight is 411 g/mol. The topological polar surface area (TPSA) is 69.0 Å². The van der Waals surface area contributed by atoms with E-state index in [2.05, 4.69) is 33.9 Å². The number of nitrogens with one attached hydrogen (secondary N) is 1. The Balaban J connectivity index is 2.23. The number of carbonyl (C=O) groups excluding carboxylic acids is 1. The summed E-state index contributed by atoms with van der Waals surface area (Å²) in [6.07, 6.45) is 1.88. The van der Waals surface area contributed by atoms with Crippen LogP contribution in [0.1, 0.15) is 52.4 Å². The molecule has 1 atom stereocenters. The van der Waals surface area contributed by atoms with Gasteiger partial charge in [0.05, 0.1) is 10.3 Å². The first-order valence-corrected chi connectivity index (χ1v) is 10.5. The van der Waals surface area contributed by atoms with Gasteiger partial charge < -0.3 is 14.6 Å². The van der Waals surface area contributed by atoms with E-state index in [1.165, 1.54) is 11.8 Å². The van der Waals surface area contributed by atoms with Crippen LogP contribution in [0.5, 0.6) is 5.75 Å². The van der Waals surface area contributed by atoms with Crippen LogP contribution in [-0.2, 0) is 11.4 Å². The van der Waals surface area contributed by atoms with Crippen molar-refractivity contribution in [2.24, 2.45) is 0 Å². The minimum Gasteiger partial charge on any atom is -0.484 e. The van der Waals surface area contributed by atoms with Gasteiger partial charge in [0.2, 0.25) is 5.91 Å². The van der Waals surface area contributed by atoms with Crippen LogP contribution in [0.2, 0.25) is 5.02 Å². The number of thioether (sulfide) groups is 1. The zero-order chi connectivity index (χ0) is 19.8. The molecule has 1 aromatic heterocycles. The van der Waals surface area contributed by atoms with Gasteiger partial charge in [0.1, 0.15) is 12.4 Å². The largest absolute Gasteiger partial charge is 0.484 e. The van der Waals surface area contributed by atoms with Crippen molar-refractivity contribution in [2.45, 2.75) is 63.6 Å². The molecule has 0 spiro atoms. The number of nitrogens with zero attached hydrogens (tertiary/aromatic N) is 3. The highest BCUT2D eigenvalue weighted by Gasteiger charge is 2.23. The SMILES string of the molecule is CCNC(=O)[C@H](C)Sc1nnc(COc2ccccc2Cl)n1C(CC)CC. The number of benzene rings is 1. The van der Waals surface area contributed by atoms with Gasteiger partial charge in [-0.05, 0) is 38.8 Å². The maximum atomic E-state index is 12.1. The highest BCUT2D eigenvalue weighted by molar-refractivity contribution is 8.00. The van der Waals surface area contributed by atoms with Crippen LogP contribution in [0.25, 0.3) is 0 Å². The number of carbonyl (C=O) groups is 1. The van der Waals surface area contributed by atoms with E-state index in [4.69, 9.17) is 16.3 Å². The highest BCUT2D eigenvalue weighted by Crippen LogP contribution is 2.30. The van der Waals surface area contributed by atoms with Crippen molar-refractivity contribution in [3.8, 4) is 5.75 Å². The van der Waals surface area contributed by atoms with Crippen LogP contribution < -0.4 is 10.1 Å². The second-order valence-corrected chi connectivity index (χ2v) is 7.83. The van der Waals surface area contributed by atoms with Crippen molar-refractivity contribution in [3.63, 3.8) is 0 Å². The van der Waals surface area contributed by atoms with E-state index in [1.54, 1.807) is 6.07 Å². The molecule has 1 amide bonds. The molecule has 0 aliphatic rings. The number of amides is 1. The standard InChI is InChI=1S/C19H27ClN4O2S/c1-5-14(6-2)24-17(12-26-16-11-9-8-10-15(16)20)22-23-19(24)27-13(4)18(25)21-7-3/h8-11,13-14H,5-7,12H2,1-4H3,(H,21,25)/t13-/m0/s1. The zero-order valence-electron chi connectivity index (χ0n) is 16.2. The molecule has 8 heteroatoms. The van der Waals surface area contributed by atoms with Gasteiger partial charge in [-0.25, -0.2) is 0 Å². The first-order valence-electron chi connectivity index (χ1n) is 9.27. The minimum absolute atomic E-state index is 0.00420. The van der Waals surface area contributed by atoms with E-state index in [9.17, 15) is 4.79 Å². The number of halogens is 1. The van der Waals surface area contributed by atoms with Crippen molar-refractivity contribution in [1.82, 2.24) is 20.1 Å². The normalized spacial score (nSPS) is 12.2. The van der Waals surface area contributed by atoms with Gasteiger partial charge in [0.25, 0.3) is 0 Å². The Hall–Kier alpha value is -1.73. The van der Waals surface area contributed by atoms with E-state index in [-0.39, 0.29) is 23.8 Å². The second-order valence-electron chi connectivity index (χ2n) is 6.11. The molecular formula is C19H27ClN4O2S. The number of ether oxygens (including phenoxy) is 1. The summed E-state index contributed by atoms with van der Waals surface area (Å²) in [6.45, 7) is 8.93. The molecule has 0 radical (unpaired) electrons. The summed E-state index contributed by atoms with van der Waals surface area (Å²) >= 11 is 7.59. The van der Waals surface area contributed by atoms with Gasteiger partial charge in [0.15, 0.2) is 11.0 Å². The van der Waals surface area contributed by atoms with E-state index in [0.29, 0.717) is 17.3 Å². The summed E-state index contributed by atoms with van der Waals surface area (Å²) in [5.74, 6) is 1.34. The zero-order valence-corrected chi connectivity index (χ0v) is 17.8. The molecule has 148 valence electrons. The monoisotopic (exact) mass is 410 g/mol. The van der Waals surface area contributed by atoms with Gasteiger partial charge in [-0.15, -0.1) is 10.2 Å². The Kier molecular flexibility index (Phi) is 8.44. The number of aromatic nitrogens is 3. The van der Waals surface area contributed by atoms with E-state index >= 15 is 0 Å². The highest BCUT2D eigenvalue weighted by atomic mass is 35.5. The second kappa shape index (κ2) is 10.6. The Morgan fingerprint density at radius 2 is 1.96 bits per heavy atom. The fourth-order valence-electron chi connectivity index (χ4n) is 2.74. The predicted molar refractivity (Wildman–Crippen MR) is 109 cm³/mol. The molecule has 2 aromatic rings. The van der Waals surface area contributed by atoms with Crippen molar-refractivity contribution in [1.29, 1.82) is 0 Å². The molecule has 1 heterocycles. The molecule has 1 aromatic carbocycles. The average Bonchev–Trinajstić information content (AvgIpc) is 3.05. The first kappa shape index (κ1) is 21.6. The predicted octanol–water partition coefficient (Wildman–Crippen LogP) is 4.49. The maximum Gasteiger partial charge on any atom is 0.233 e. The smallest absolute Gasteiger partial charge is 0.233 e. The van der Waals surface area contributed by atoms with Gasteiger partial charge in [-0.1, -0.05) is 49.3 Å². The maximum absolute atomic E-state index is 12.1. The first-order chi connectivity index (χ1) is 13.0. The lowest BCUT2D eigenvalue weighted by atomic mass is 10.2. The number of hydrogen-bond acceptors (Lipinski definition) is 5. The summed E-state index contributed by atoms with van der Waals surface area (Å²) in [5, 5.41) is 12.6. The lowest BCUT2D eigenvalue weighted by molar-refractivity contribution is -0.120. The third kappa shape index (κ3) is 5.62. The quantitative estimate of drug-likeness (QED) is 0.584. The van der Waals surface area contributed by atoms with Gasteiger partial charge in [0, 0.05) is 12.6 Å². The minimum atomic E-state index is -0.250. The van der Waals surface area contributed by atoms with E-state index in [0.717, 1.165) is 23.8 Å². The molecule has 0 saturated carbocycles. The van der Waals surface area contributed by atoms with Crippen LogP contribution >= 0.6 is 23.4 Å². The van der Waals surface area contributed by atoms with Crippen LogP contribution in [0.15, 0.2) is 29.4 Å². The van der Waals surface area contributed by atoms with E-state index < -0.39 is 0 Å². The van der Waals surface area contributed by atoms with Gasteiger partial charge in [-0.2, -0.15) is 0 Å². The fraction of sp³-hybridized carbons (Fsp3) is 0.526. The van der Waals surface area contributed by atoms with Crippen molar-refractivity contribution >= 4 is 29.3 Å². The Morgan fingerprint density at radius 3 is 2.59 bits per heavy atom. The molecule has 27 heavy (non-hydrogen) atoms. The van der Waals surface area contributed by atoms with E-state index in [1.807, 2.05) is 32.0 Å². The summed E-state index contributed by atoms with van der Waals surface area (Å²) in [5.41, 5.74) is 0. The van der Waals surface area contributed by atoms with Crippen LogP contribution in [0, 0.1) is 0 Å².